The van der Waals surface area contributed by atoms with Crippen molar-refractivity contribution in [3.8, 4) is 16.9 Å². The zero-order chi connectivity index (χ0) is 21.4. The summed E-state index contributed by atoms with van der Waals surface area (Å²) in [6, 6.07) is 14.4. The first-order valence-corrected chi connectivity index (χ1v) is 9.96. The predicted molar refractivity (Wildman–Crippen MR) is 115 cm³/mol. The molecule has 0 bridgehead atoms. The lowest BCUT2D eigenvalue weighted by Gasteiger charge is -2.30. The smallest absolute Gasteiger partial charge is 0.263 e. The summed E-state index contributed by atoms with van der Waals surface area (Å²) in [6.45, 7) is 1.99. The third-order valence-electron chi connectivity index (χ3n) is 4.93. The molecule has 30 heavy (non-hydrogen) atoms. The highest BCUT2D eigenvalue weighted by Crippen LogP contribution is 2.39. The Morgan fingerprint density at radius 3 is 2.57 bits per heavy atom. The van der Waals surface area contributed by atoms with E-state index in [-0.39, 0.29) is 29.5 Å². The van der Waals surface area contributed by atoms with E-state index in [1.165, 1.54) is 30.0 Å². The third-order valence-corrected chi connectivity index (χ3v) is 5.57. The Balaban J connectivity index is 1.75. The molecule has 4 rings (SSSR count). The van der Waals surface area contributed by atoms with Crippen LogP contribution >= 0.6 is 23.2 Å². The lowest BCUT2D eigenvalue weighted by Crippen LogP contribution is -2.38. The minimum absolute atomic E-state index is 0.0532. The number of Topliss-reactive ketones (excluding diaryl/α,β-unsaturated/α-hetero) is 1. The molecule has 1 heterocycles. The van der Waals surface area contributed by atoms with E-state index in [4.69, 9.17) is 27.9 Å². The molecule has 0 unspecified atom stereocenters. The van der Waals surface area contributed by atoms with Gasteiger partial charge in [0.25, 0.3) is 5.91 Å². The quantitative estimate of drug-likeness (QED) is 0.463. The van der Waals surface area contributed by atoms with Gasteiger partial charge in [-0.1, -0.05) is 35.3 Å². The number of anilines is 1. The highest BCUT2D eigenvalue weighted by molar-refractivity contribution is 6.34. The lowest BCUT2D eigenvalue weighted by molar-refractivity contribution is 0.0971. The van der Waals surface area contributed by atoms with Crippen molar-refractivity contribution in [1.29, 1.82) is 0 Å². The summed E-state index contributed by atoms with van der Waals surface area (Å²) >= 11 is 12.4. The molecule has 152 valence electrons. The Morgan fingerprint density at radius 2 is 1.83 bits per heavy atom. The van der Waals surface area contributed by atoms with E-state index in [0.29, 0.717) is 27.6 Å². The van der Waals surface area contributed by atoms with Crippen molar-refractivity contribution in [2.75, 3.05) is 18.1 Å². The molecule has 3 aromatic rings. The van der Waals surface area contributed by atoms with Gasteiger partial charge in [0.05, 0.1) is 22.8 Å². The van der Waals surface area contributed by atoms with Crippen LogP contribution in [-0.2, 0) is 0 Å². The second-order valence-electron chi connectivity index (χ2n) is 6.84. The molecule has 0 aromatic heterocycles. The molecule has 0 fully saturated rings. The van der Waals surface area contributed by atoms with Crippen LogP contribution in [0.25, 0.3) is 11.1 Å². The SMILES string of the molecule is CC(=O)c1ccc(Cl)c(-c2ccc3c(c2)OCCN3C(=O)c2c(F)cccc2Cl)c1. The minimum Gasteiger partial charge on any atom is -0.490 e. The Hall–Kier alpha value is -2.89. The fourth-order valence-corrected chi connectivity index (χ4v) is 3.87. The standard InChI is InChI=1S/C23H16Cl2FNO3/c1-13(28)14-5-7-17(24)16(11-14)15-6-8-20-21(12-15)30-10-9-27(20)23(29)22-18(25)3-2-4-19(22)26/h2-8,11-12H,9-10H2,1H3. The van der Waals surface area contributed by atoms with E-state index in [1.54, 1.807) is 36.4 Å². The number of halogens is 3. The first kappa shape index (κ1) is 20.4. The molecule has 0 atom stereocenters. The number of fused-ring (bicyclic) bond motifs is 1. The summed E-state index contributed by atoms with van der Waals surface area (Å²) in [5.41, 5.74) is 2.29. The monoisotopic (exact) mass is 443 g/mol. The summed E-state index contributed by atoms with van der Waals surface area (Å²) in [5, 5.41) is 0.541. The van der Waals surface area contributed by atoms with Gasteiger partial charge in [-0.05, 0) is 55.0 Å². The Bertz CT molecular complexity index is 1160. The van der Waals surface area contributed by atoms with Gasteiger partial charge in [-0.3, -0.25) is 9.59 Å². The molecule has 0 saturated heterocycles. The van der Waals surface area contributed by atoms with Crippen LogP contribution in [0.4, 0.5) is 10.1 Å². The molecule has 1 amide bonds. The van der Waals surface area contributed by atoms with E-state index < -0.39 is 11.7 Å². The second-order valence-corrected chi connectivity index (χ2v) is 7.65. The fraction of sp³-hybridized carbons (Fsp3) is 0.130. The number of nitrogens with zero attached hydrogens (tertiary/aromatic N) is 1. The predicted octanol–water partition coefficient (Wildman–Crippen LogP) is 6.04. The van der Waals surface area contributed by atoms with E-state index in [2.05, 4.69) is 0 Å². The molecule has 4 nitrogen and oxygen atoms in total. The molecule has 0 radical (unpaired) electrons. The first-order valence-electron chi connectivity index (χ1n) is 9.20. The molecule has 1 aliphatic rings. The number of hydrogen-bond acceptors (Lipinski definition) is 3. The zero-order valence-electron chi connectivity index (χ0n) is 15.9. The average molecular weight is 444 g/mol. The topological polar surface area (TPSA) is 46.6 Å². The highest BCUT2D eigenvalue weighted by Gasteiger charge is 2.28. The molecule has 0 aliphatic carbocycles. The summed E-state index contributed by atoms with van der Waals surface area (Å²) in [6.07, 6.45) is 0. The molecule has 3 aromatic carbocycles. The van der Waals surface area contributed by atoms with E-state index in [0.717, 1.165) is 5.56 Å². The molecule has 0 N–H and O–H groups in total. The molecule has 1 aliphatic heterocycles. The molecular formula is C23H16Cl2FNO3. The maximum atomic E-state index is 14.3. The van der Waals surface area contributed by atoms with Crippen molar-refractivity contribution in [2.24, 2.45) is 0 Å². The van der Waals surface area contributed by atoms with Crippen molar-refractivity contribution in [3.05, 3.63) is 81.6 Å². The Morgan fingerprint density at radius 1 is 1.03 bits per heavy atom. The second kappa shape index (κ2) is 8.09. The van der Waals surface area contributed by atoms with Crippen LogP contribution in [0.2, 0.25) is 10.0 Å². The molecule has 0 spiro atoms. The van der Waals surface area contributed by atoms with Gasteiger partial charge in [-0.25, -0.2) is 4.39 Å². The summed E-state index contributed by atoms with van der Waals surface area (Å²) in [5.74, 6) is -0.818. The number of hydrogen-bond donors (Lipinski definition) is 0. The van der Waals surface area contributed by atoms with Crippen molar-refractivity contribution >= 4 is 40.6 Å². The van der Waals surface area contributed by atoms with Gasteiger partial charge in [0.1, 0.15) is 18.2 Å². The highest BCUT2D eigenvalue weighted by atomic mass is 35.5. The van der Waals surface area contributed by atoms with Gasteiger partial charge in [0, 0.05) is 16.1 Å². The van der Waals surface area contributed by atoms with Gasteiger partial charge < -0.3 is 9.64 Å². The van der Waals surface area contributed by atoms with E-state index in [1.807, 2.05) is 0 Å². The van der Waals surface area contributed by atoms with Crippen LogP contribution in [-0.4, -0.2) is 24.8 Å². The van der Waals surface area contributed by atoms with E-state index >= 15 is 0 Å². The number of amides is 1. The van der Waals surface area contributed by atoms with Gasteiger partial charge in [-0.2, -0.15) is 0 Å². The van der Waals surface area contributed by atoms with Crippen LogP contribution in [0, 0.1) is 5.82 Å². The number of rotatable bonds is 3. The minimum atomic E-state index is -0.676. The van der Waals surface area contributed by atoms with Gasteiger partial charge in [-0.15, -0.1) is 0 Å². The normalized spacial score (nSPS) is 12.9. The van der Waals surface area contributed by atoms with Crippen LogP contribution in [0.3, 0.4) is 0 Å². The Labute approximate surface area is 182 Å². The molecule has 7 heteroatoms. The summed E-state index contributed by atoms with van der Waals surface area (Å²) in [7, 11) is 0. The number of ketones is 1. The average Bonchev–Trinajstić information content (AvgIpc) is 2.72. The van der Waals surface area contributed by atoms with Crippen LogP contribution in [0.5, 0.6) is 5.75 Å². The van der Waals surface area contributed by atoms with Gasteiger partial charge >= 0.3 is 0 Å². The summed E-state index contributed by atoms with van der Waals surface area (Å²) < 4.78 is 20.0. The number of carbonyl (C=O) groups excluding carboxylic acids is 2. The molecule has 0 saturated carbocycles. The van der Waals surface area contributed by atoms with Crippen molar-refractivity contribution in [2.45, 2.75) is 6.92 Å². The van der Waals surface area contributed by atoms with Crippen LogP contribution in [0.1, 0.15) is 27.6 Å². The van der Waals surface area contributed by atoms with Gasteiger partial charge in [0.2, 0.25) is 0 Å². The molecular weight excluding hydrogens is 428 g/mol. The lowest BCUT2D eigenvalue weighted by atomic mass is 10.00. The largest absolute Gasteiger partial charge is 0.490 e. The van der Waals surface area contributed by atoms with Crippen LogP contribution < -0.4 is 9.64 Å². The first-order chi connectivity index (χ1) is 14.4. The fourth-order valence-electron chi connectivity index (χ4n) is 3.40. The maximum absolute atomic E-state index is 14.3. The maximum Gasteiger partial charge on any atom is 0.263 e. The van der Waals surface area contributed by atoms with Crippen LogP contribution in [0.15, 0.2) is 54.6 Å². The van der Waals surface area contributed by atoms with Crippen molar-refractivity contribution in [3.63, 3.8) is 0 Å². The van der Waals surface area contributed by atoms with Crippen molar-refractivity contribution < 1.29 is 18.7 Å². The number of ether oxygens (including phenoxy) is 1. The number of carbonyl (C=O) groups is 2. The summed E-state index contributed by atoms with van der Waals surface area (Å²) in [4.78, 5) is 26.2. The van der Waals surface area contributed by atoms with Gasteiger partial charge in [0.15, 0.2) is 5.78 Å². The Kier molecular flexibility index (Phi) is 5.50. The zero-order valence-corrected chi connectivity index (χ0v) is 17.4. The number of benzene rings is 3. The van der Waals surface area contributed by atoms with Crippen molar-refractivity contribution in [1.82, 2.24) is 0 Å². The van der Waals surface area contributed by atoms with E-state index in [9.17, 15) is 14.0 Å². The third kappa shape index (κ3) is 3.66.